The number of carbonyl (C=O) groups excluding carboxylic acids is 1. The molecule has 0 amide bonds. The minimum Gasteiger partial charge on any atom is -0.312 e. The zero-order valence-corrected chi connectivity index (χ0v) is 8.26. The average molecular weight is 169 g/mol. The molecule has 0 radical (unpaired) electrons. The van der Waals surface area contributed by atoms with Crippen LogP contribution in [0.5, 0.6) is 0 Å². The number of Topliss-reactive ketones (excluding diaryl/α,β-unsaturated/α-hetero) is 1. The number of hydrogen-bond donors (Lipinski definition) is 1. The van der Waals surface area contributed by atoms with Gasteiger partial charge in [0.2, 0.25) is 0 Å². The molecule has 0 spiro atoms. The molecular weight excluding hydrogens is 150 g/mol. The second-order valence-electron chi connectivity index (χ2n) is 4.14. The van der Waals surface area contributed by atoms with E-state index >= 15 is 0 Å². The van der Waals surface area contributed by atoms with Crippen LogP contribution in [-0.2, 0) is 4.79 Å². The highest BCUT2D eigenvalue weighted by Gasteiger charge is 2.27. The monoisotopic (exact) mass is 169 g/mol. The van der Waals surface area contributed by atoms with Crippen molar-refractivity contribution in [2.45, 2.75) is 52.1 Å². The third-order valence-corrected chi connectivity index (χ3v) is 2.58. The third kappa shape index (κ3) is 2.59. The van der Waals surface area contributed by atoms with Crippen molar-refractivity contribution in [3.8, 4) is 0 Å². The maximum absolute atomic E-state index is 11.0. The van der Waals surface area contributed by atoms with Gasteiger partial charge in [0.1, 0.15) is 5.78 Å². The molecule has 1 rings (SSSR count). The zero-order valence-electron chi connectivity index (χ0n) is 8.26. The molecule has 2 atom stereocenters. The van der Waals surface area contributed by atoms with E-state index in [0.29, 0.717) is 23.8 Å². The predicted molar refractivity (Wildman–Crippen MR) is 50.1 cm³/mol. The SMILES string of the molecule is CC(=O)[C@@H]1CC[C@H](NC(C)C)C1. The van der Waals surface area contributed by atoms with Crippen LogP contribution >= 0.6 is 0 Å². The van der Waals surface area contributed by atoms with Crippen LogP contribution in [0.1, 0.15) is 40.0 Å². The summed E-state index contributed by atoms with van der Waals surface area (Å²) >= 11 is 0. The Kier molecular flexibility index (Phi) is 3.27. The van der Waals surface area contributed by atoms with E-state index in [1.165, 1.54) is 6.42 Å². The highest BCUT2D eigenvalue weighted by Crippen LogP contribution is 2.26. The summed E-state index contributed by atoms with van der Waals surface area (Å²) in [7, 11) is 0. The Hall–Kier alpha value is -0.370. The molecule has 1 aliphatic rings. The van der Waals surface area contributed by atoms with Crippen molar-refractivity contribution in [1.82, 2.24) is 5.32 Å². The van der Waals surface area contributed by atoms with Crippen molar-refractivity contribution in [3.63, 3.8) is 0 Å². The standard InChI is InChI=1S/C10H19NO/c1-7(2)11-10-5-4-9(6-10)8(3)12/h7,9-11H,4-6H2,1-3H3/t9-,10+/m1/s1. The maximum atomic E-state index is 11.0. The lowest BCUT2D eigenvalue weighted by Gasteiger charge is -2.15. The molecule has 2 nitrogen and oxygen atoms in total. The maximum Gasteiger partial charge on any atom is 0.132 e. The topological polar surface area (TPSA) is 29.1 Å². The Morgan fingerprint density at radius 3 is 2.50 bits per heavy atom. The first kappa shape index (κ1) is 9.72. The van der Waals surface area contributed by atoms with Gasteiger partial charge in [-0.1, -0.05) is 13.8 Å². The average Bonchev–Trinajstić information content (AvgIpc) is 2.34. The van der Waals surface area contributed by atoms with Gasteiger partial charge in [0.25, 0.3) is 0 Å². The van der Waals surface area contributed by atoms with E-state index in [2.05, 4.69) is 19.2 Å². The number of hydrogen-bond acceptors (Lipinski definition) is 2. The second-order valence-corrected chi connectivity index (χ2v) is 4.14. The summed E-state index contributed by atoms with van der Waals surface area (Å²) in [5, 5.41) is 3.47. The summed E-state index contributed by atoms with van der Waals surface area (Å²) in [5.41, 5.74) is 0. The molecule has 0 bridgehead atoms. The molecule has 0 saturated heterocycles. The third-order valence-electron chi connectivity index (χ3n) is 2.58. The first-order chi connectivity index (χ1) is 5.59. The van der Waals surface area contributed by atoms with E-state index in [-0.39, 0.29) is 0 Å². The Labute approximate surface area is 74.7 Å². The fraction of sp³-hybridized carbons (Fsp3) is 0.900. The van der Waals surface area contributed by atoms with Crippen molar-refractivity contribution in [3.05, 3.63) is 0 Å². The van der Waals surface area contributed by atoms with Crippen LogP contribution in [0, 0.1) is 5.92 Å². The summed E-state index contributed by atoms with van der Waals surface area (Å²) in [6, 6.07) is 1.12. The van der Waals surface area contributed by atoms with Crippen molar-refractivity contribution >= 4 is 5.78 Å². The van der Waals surface area contributed by atoms with Crippen LogP contribution in [-0.4, -0.2) is 17.9 Å². The smallest absolute Gasteiger partial charge is 0.132 e. The molecule has 0 aliphatic heterocycles. The molecule has 12 heavy (non-hydrogen) atoms. The molecule has 0 heterocycles. The normalized spacial score (nSPS) is 29.7. The summed E-state index contributed by atoms with van der Waals surface area (Å²) < 4.78 is 0. The van der Waals surface area contributed by atoms with Crippen LogP contribution in [0.3, 0.4) is 0 Å². The summed E-state index contributed by atoms with van der Waals surface area (Å²) in [5.74, 6) is 0.698. The van der Waals surface area contributed by atoms with Crippen LogP contribution in [0.25, 0.3) is 0 Å². The van der Waals surface area contributed by atoms with Crippen LogP contribution in [0.2, 0.25) is 0 Å². The van der Waals surface area contributed by atoms with Gasteiger partial charge in [-0.3, -0.25) is 4.79 Å². The zero-order chi connectivity index (χ0) is 9.14. The molecule has 0 aromatic heterocycles. The van der Waals surface area contributed by atoms with E-state index in [1.54, 1.807) is 6.92 Å². The lowest BCUT2D eigenvalue weighted by atomic mass is 10.0. The van der Waals surface area contributed by atoms with Crippen molar-refractivity contribution in [2.24, 2.45) is 5.92 Å². The predicted octanol–water partition coefficient (Wildman–Crippen LogP) is 1.74. The molecule has 0 unspecified atom stereocenters. The number of rotatable bonds is 3. The molecule has 2 heteroatoms. The van der Waals surface area contributed by atoms with E-state index < -0.39 is 0 Å². The quantitative estimate of drug-likeness (QED) is 0.697. The van der Waals surface area contributed by atoms with Gasteiger partial charge in [0, 0.05) is 18.0 Å². The Morgan fingerprint density at radius 2 is 2.08 bits per heavy atom. The van der Waals surface area contributed by atoms with Gasteiger partial charge in [-0.15, -0.1) is 0 Å². The largest absolute Gasteiger partial charge is 0.312 e. The number of nitrogens with one attached hydrogen (secondary N) is 1. The van der Waals surface area contributed by atoms with Gasteiger partial charge in [0.05, 0.1) is 0 Å². The van der Waals surface area contributed by atoms with Gasteiger partial charge in [-0.25, -0.2) is 0 Å². The van der Waals surface area contributed by atoms with E-state index in [1.807, 2.05) is 0 Å². The summed E-state index contributed by atoms with van der Waals surface area (Å²) in [6.45, 7) is 6.02. The fourth-order valence-electron chi connectivity index (χ4n) is 1.97. The highest BCUT2D eigenvalue weighted by molar-refractivity contribution is 5.78. The van der Waals surface area contributed by atoms with Crippen LogP contribution < -0.4 is 5.32 Å². The molecule has 1 saturated carbocycles. The lowest BCUT2D eigenvalue weighted by molar-refractivity contribution is -0.120. The van der Waals surface area contributed by atoms with Crippen LogP contribution in [0.4, 0.5) is 0 Å². The Morgan fingerprint density at radius 1 is 1.42 bits per heavy atom. The van der Waals surface area contributed by atoms with Gasteiger partial charge in [-0.05, 0) is 26.2 Å². The lowest BCUT2D eigenvalue weighted by Crippen LogP contribution is -2.32. The number of ketones is 1. The molecule has 1 fully saturated rings. The minimum atomic E-state index is 0.334. The molecule has 1 aliphatic carbocycles. The fourth-order valence-corrected chi connectivity index (χ4v) is 1.97. The van der Waals surface area contributed by atoms with E-state index in [0.717, 1.165) is 12.8 Å². The molecule has 70 valence electrons. The van der Waals surface area contributed by atoms with Gasteiger partial charge in [-0.2, -0.15) is 0 Å². The summed E-state index contributed by atoms with van der Waals surface area (Å²) in [6.07, 6.45) is 3.30. The van der Waals surface area contributed by atoms with Gasteiger partial charge < -0.3 is 5.32 Å². The summed E-state index contributed by atoms with van der Waals surface area (Å²) in [4.78, 5) is 11.0. The highest BCUT2D eigenvalue weighted by atomic mass is 16.1. The van der Waals surface area contributed by atoms with Gasteiger partial charge in [0.15, 0.2) is 0 Å². The first-order valence-corrected chi connectivity index (χ1v) is 4.86. The van der Waals surface area contributed by atoms with Crippen LogP contribution in [0.15, 0.2) is 0 Å². The van der Waals surface area contributed by atoms with Gasteiger partial charge >= 0.3 is 0 Å². The van der Waals surface area contributed by atoms with Crippen molar-refractivity contribution in [1.29, 1.82) is 0 Å². The van der Waals surface area contributed by atoms with E-state index in [4.69, 9.17) is 0 Å². The molecule has 0 aromatic rings. The molecular formula is C10H19NO. The van der Waals surface area contributed by atoms with E-state index in [9.17, 15) is 4.79 Å². The minimum absolute atomic E-state index is 0.334. The molecule has 1 N–H and O–H groups in total. The Balaban J connectivity index is 2.30. The van der Waals surface area contributed by atoms with Crippen molar-refractivity contribution in [2.75, 3.05) is 0 Å². The molecule has 0 aromatic carbocycles. The second kappa shape index (κ2) is 4.04. The van der Waals surface area contributed by atoms with Crippen molar-refractivity contribution < 1.29 is 4.79 Å². The number of carbonyl (C=O) groups is 1. The first-order valence-electron chi connectivity index (χ1n) is 4.86. The Bertz CT molecular complexity index is 165.